The molecular weight excluding hydrogens is 438 g/mol. The normalized spacial score (nSPS) is 20.7. The maximum absolute atomic E-state index is 13.3. The molecule has 4 rings (SSSR count). The second kappa shape index (κ2) is 8.13. The quantitative estimate of drug-likeness (QED) is 0.655. The highest BCUT2D eigenvalue weighted by molar-refractivity contribution is 6.27. The number of aryl methyl sites for hydroxylation is 2. The van der Waals surface area contributed by atoms with E-state index in [1.165, 1.54) is 27.0 Å². The van der Waals surface area contributed by atoms with Gasteiger partial charge in [0.15, 0.2) is 17.3 Å². The van der Waals surface area contributed by atoms with Gasteiger partial charge in [-0.1, -0.05) is 23.8 Å². The van der Waals surface area contributed by atoms with Crippen LogP contribution in [0.3, 0.4) is 0 Å². The molecule has 8 heteroatoms. The van der Waals surface area contributed by atoms with Crippen LogP contribution in [0.25, 0.3) is 0 Å². The molecule has 0 aromatic heterocycles. The van der Waals surface area contributed by atoms with Crippen LogP contribution in [0, 0.1) is 19.8 Å². The third kappa shape index (κ3) is 3.37. The second-order valence-electron chi connectivity index (χ2n) is 8.84. The highest BCUT2D eigenvalue weighted by Gasteiger charge is 2.58. The molecule has 1 heterocycles. The van der Waals surface area contributed by atoms with E-state index in [1.54, 1.807) is 0 Å². The average molecular weight is 463 g/mol. The van der Waals surface area contributed by atoms with Crippen LogP contribution >= 0.6 is 0 Å². The molecule has 0 spiro atoms. The molecule has 0 saturated carbocycles. The molecule has 34 heavy (non-hydrogen) atoms. The largest absolute Gasteiger partial charge is 0.507 e. The summed E-state index contributed by atoms with van der Waals surface area (Å²) in [6.45, 7) is 6.79. The van der Waals surface area contributed by atoms with Crippen molar-refractivity contribution in [1.29, 1.82) is 0 Å². The molecule has 8 nitrogen and oxygen atoms in total. The number of phenols is 1. The molecule has 1 amide bonds. The molecule has 1 unspecified atom stereocenters. The van der Waals surface area contributed by atoms with Crippen LogP contribution in [0.5, 0.6) is 17.2 Å². The van der Waals surface area contributed by atoms with Crippen molar-refractivity contribution in [1.82, 2.24) is 5.32 Å². The predicted octanol–water partition coefficient (Wildman–Crippen LogP) is 2.84. The van der Waals surface area contributed by atoms with Crippen LogP contribution in [0.15, 0.2) is 36.1 Å². The first-order valence-electron chi connectivity index (χ1n) is 10.8. The molecule has 1 aliphatic heterocycles. The molecule has 1 aliphatic carbocycles. The van der Waals surface area contributed by atoms with Gasteiger partial charge in [0.1, 0.15) is 39.9 Å². The first kappa shape index (κ1) is 23.2. The molecule has 2 aromatic rings. The van der Waals surface area contributed by atoms with E-state index in [1.807, 2.05) is 32.0 Å². The zero-order chi connectivity index (χ0) is 24.9. The number of benzene rings is 2. The first-order valence-corrected chi connectivity index (χ1v) is 10.8. The van der Waals surface area contributed by atoms with Crippen LogP contribution in [0.1, 0.15) is 46.5 Å². The summed E-state index contributed by atoms with van der Waals surface area (Å²) >= 11 is 0. The Morgan fingerprint density at radius 3 is 2.53 bits per heavy atom. The molecule has 0 fully saturated rings. The molecule has 2 aromatic carbocycles. The summed E-state index contributed by atoms with van der Waals surface area (Å²) in [7, 11) is 1.34. The van der Waals surface area contributed by atoms with E-state index >= 15 is 0 Å². The highest BCUT2D eigenvalue weighted by Crippen LogP contribution is 2.56. The third-order valence-electron chi connectivity index (χ3n) is 6.53. The van der Waals surface area contributed by atoms with Gasteiger partial charge < -0.3 is 19.9 Å². The fourth-order valence-corrected chi connectivity index (χ4v) is 4.66. The number of allylic oxidation sites excluding steroid dienone is 2. The van der Waals surface area contributed by atoms with Gasteiger partial charge in [-0.25, -0.2) is 0 Å². The fourth-order valence-electron chi connectivity index (χ4n) is 4.66. The predicted molar refractivity (Wildman–Crippen MR) is 122 cm³/mol. The van der Waals surface area contributed by atoms with E-state index < -0.39 is 34.6 Å². The van der Waals surface area contributed by atoms with Gasteiger partial charge in [0, 0.05) is 18.7 Å². The minimum absolute atomic E-state index is 0.0174. The summed E-state index contributed by atoms with van der Waals surface area (Å²) < 4.78 is 11.2. The van der Waals surface area contributed by atoms with Gasteiger partial charge in [0.2, 0.25) is 0 Å². The summed E-state index contributed by atoms with van der Waals surface area (Å²) in [6.07, 6.45) is 1.09. The number of ether oxygens (including phenoxy) is 2. The van der Waals surface area contributed by atoms with Crippen LogP contribution in [0.2, 0.25) is 0 Å². The van der Waals surface area contributed by atoms with Crippen molar-refractivity contribution >= 4 is 23.3 Å². The van der Waals surface area contributed by atoms with Gasteiger partial charge in [-0.2, -0.15) is 0 Å². The van der Waals surface area contributed by atoms with Gasteiger partial charge in [0.05, 0.1) is 12.7 Å². The summed E-state index contributed by atoms with van der Waals surface area (Å²) in [5.41, 5.74) is 1.45. The molecule has 0 radical (unpaired) electrons. The summed E-state index contributed by atoms with van der Waals surface area (Å²) in [6, 6.07) is 7.11. The summed E-state index contributed by atoms with van der Waals surface area (Å²) in [5, 5.41) is 13.6. The number of hydrogen-bond acceptors (Lipinski definition) is 7. The van der Waals surface area contributed by atoms with Gasteiger partial charge in [-0.05, 0) is 38.8 Å². The Morgan fingerprint density at radius 1 is 1.21 bits per heavy atom. The van der Waals surface area contributed by atoms with Crippen molar-refractivity contribution in [2.45, 2.75) is 39.7 Å². The average Bonchev–Trinajstić information content (AvgIpc) is 3.06. The molecule has 2 atom stereocenters. The molecule has 0 bridgehead atoms. The maximum atomic E-state index is 13.3. The number of ketones is 3. The smallest absolute Gasteiger partial charge is 0.259 e. The van der Waals surface area contributed by atoms with Gasteiger partial charge in [-0.3, -0.25) is 19.2 Å². The zero-order valence-corrected chi connectivity index (χ0v) is 19.6. The van der Waals surface area contributed by atoms with E-state index in [0.717, 1.165) is 22.8 Å². The SMILES string of the molecule is COc1cc(O)c2c(c1C(=O)NCc1ccc(C)cc1C)OC1=CC(=O)C(C(C)=O)C(=O)[C@]12C. The second-order valence-corrected chi connectivity index (χ2v) is 8.84. The Bertz CT molecular complexity index is 1310. The van der Waals surface area contributed by atoms with E-state index in [-0.39, 0.29) is 40.7 Å². The van der Waals surface area contributed by atoms with Crippen LogP contribution in [0.4, 0.5) is 0 Å². The minimum Gasteiger partial charge on any atom is -0.507 e. The van der Waals surface area contributed by atoms with E-state index in [9.17, 15) is 24.3 Å². The number of phenolic OH excluding ortho intramolecular Hbond substituents is 1. The number of nitrogens with one attached hydrogen (secondary N) is 1. The number of methoxy groups -OCH3 is 1. The minimum atomic E-state index is -1.60. The number of Topliss-reactive ketones (excluding diaryl/α,β-unsaturated/α-hetero) is 2. The number of fused-ring (bicyclic) bond motifs is 3. The van der Waals surface area contributed by atoms with Crippen molar-refractivity contribution in [2.24, 2.45) is 5.92 Å². The molecule has 176 valence electrons. The number of aromatic hydroxyl groups is 1. The zero-order valence-electron chi connectivity index (χ0n) is 19.6. The third-order valence-corrected chi connectivity index (χ3v) is 6.53. The number of hydrogen-bond donors (Lipinski definition) is 2. The maximum Gasteiger partial charge on any atom is 0.259 e. The molecule has 2 N–H and O–H groups in total. The lowest BCUT2D eigenvalue weighted by Crippen LogP contribution is -2.47. The van der Waals surface area contributed by atoms with E-state index in [4.69, 9.17) is 9.47 Å². The first-order chi connectivity index (χ1) is 16.0. The van der Waals surface area contributed by atoms with Crippen molar-refractivity contribution in [3.05, 3.63) is 63.9 Å². The Balaban J connectivity index is 1.80. The van der Waals surface area contributed by atoms with Gasteiger partial charge in [0.25, 0.3) is 5.91 Å². The Labute approximate surface area is 196 Å². The lowest BCUT2D eigenvalue weighted by Gasteiger charge is -2.30. The van der Waals surface area contributed by atoms with Crippen molar-refractivity contribution in [3.63, 3.8) is 0 Å². The van der Waals surface area contributed by atoms with Crippen LogP contribution in [-0.2, 0) is 26.3 Å². The van der Waals surface area contributed by atoms with E-state index in [2.05, 4.69) is 5.32 Å². The van der Waals surface area contributed by atoms with Crippen LogP contribution < -0.4 is 14.8 Å². The number of carbonyl (C=O) groups is 4. The highest BCUT2D eigenvalue weighted by atomic mass is 16.5. The standard InChI is InChI=1S/C26H25NO7/c1-12-6-7-15(13(2)8-12)11-27-25(32)21-18(33-5)9-17(30)22-23(21)34-19-10-16(29)20(14(3)28)24(31)26(19,22)4/h6-10,20,30H,11H2,1-5H3,(H,27,32)/t20?,26-/m1/s1. The van der Waals surface area contributed by atoms with E-state index in [0.29, 0.717) is 0 Å². The number of rotatable bonds is 5. The topological polar surface area (TPSA) is 119 Å². The lowest BCUT2D eigenvalue weighted by atomic mass is 9.67. The van der Waals surface area contributed by atoms with Gasteiger partial charge >= 0.3 is 0 Å². The fraction of sp³-hybridized carbons (Fsp3) is 0.308. The van der Waals surface area contributed by atoms with Crippen LogP contribution in [-0.4, -0.2) is 35.5 Å². The van der Waals surface area contributed by atoms with Crippen molar-refractivity contribution in [2.75, 3.05) is 7.11 Å². The monoisotopic (exact) mass is 463 g/mol. The summed E-state index contributed by atoms with van der Waals surface area (Å²) in [4.78, 5) is 51.1. The number of carbonyl (C=O) groups excluding carboxylic acids is 4. The number of amides is 1. The van der Waals surface area contributed by atoms with Crippen molar-refractivity contribution < 1.29 is 33.8 Å². The molecule has 0 saturated heterocycles. The van der Waals surface area contributed by atoms with Gasteiger partial charge in [-0.15, -0.1) is 0 Å². The summed E-state index contributed by atoms with van der Waals surface area (Å²) in [5.74, 6) is -4.44. The Morgan fingerprint density at radius 2 is 1.91 bits per heavy atom. The Hall–Kier alpha value is -3.94. The van der Waals surface area contributed by atoms with Crippen molar-refractivity contribution in [3.8, 4) is 17.2 Å². The Kier molecular flexibility index (Phi) is 5.55. The molecular formula is C26H25NO7. The lowest BCUT2D eigenvalue weighted by molar-refractivity contribution is -0.140. The molecule has 2 aliphatic rings.